The van der Waals surface area contributed by atoms with Gasteiger partial charge in [-0.3, -0.25) is 0 Å². The van der Waals surface area contributed by atoms with E-state index in [1.54, 1.807) is 0 Å². The van der Waals surface area contributed by atoms with Crippen molar-refractivity contribution in [2.75, 3.05) is 52.8 Å². The molecule has 0 aromatic heterocycles. The molecule has 1 aromatic rings. The van der Waals surface area contributed by atoms with E-state index in [0.717, 1.165) is 75.3 Å². The largest absolute Gasteiger partial charge is 0.492 e. The average Bonchev–Trinajstić information content (AvgIpc) is 3.29. The smallest absolute Gasteiger partial charge is 0.231 e. The van der Waals surface area contributed by atoms with Gasteiger partial charge in [0, 0.05) is 32.3 Å². The number of halogens is 1. The zero-order valence-corrected chi connectivity index (χ0v) is 21.3. The second-order valence-electron chi connectivity index (χ2n) is 8.11. The molecule has 1 unspecified atom stereocenters. The maximum atomic E-state index is 6.14. The molecule has 180 valence electrons. The minimum Gasteiger partial charge on any atom is -0.492 e. The number of fused-ring (bicyclic) bond motifs is 1. The zero-order chi connectivity index (χ0) is 21.3. The molecule has 0 spiro atoms. The molecule has 8 nitrogen and oxygen atoms in total. The van der Waals surface area contributed by atoms with Crippen LogP contribution in [-0.2, 0) is 9.47 Å². The molecule has 0 radical (unpaired) electrons. The summed E-state index contributed by atoms with van der Waals surface area (Å²) < 4.78 is 28.5. The Bertz CT molecular complexity index is 722. The minimum atomic E-state index is 0. The molecule has 0 bridgehead atoms. The fraction of sp³-hybridized carbons (Fsp3) is 0.696. The Morgan fingerprint density at radius 1 is 1.16 bits per heavy atom. The number of benzene rings is 1. The van der Waals surface area contributed by atoms with Crippen LogP contribution in [0, 0.1) is 0 Å². The molecule has 2 saturated heterocycles. The molecule has 3 heterocycles. The van der Waals surface area contributed by atoms with Gasteiger partial charge in [-0.05, 0) is 51.2 Å². The third-order valence-electron chi connectivity index (χ3n) is 5.83. The number of piperidine rings is 1. The fourth-order valence-electron chi connectivity index (χ4n) is 4.12. The lowest BCUT2D eigenvalue weighted by atomic mass is 10.1. The molecule has 1 atom stereocenters. The Morgan fingerprint density at radius 2 is 2.00 bits per heavy atom. The summed E-state index contributed by atoms with van der Waals surface area (Å²) in [5, 5.41) is 3.41. The fourth-order valence-corrected chi connectivity index (χ4v) is 4.12. The number of hydrogen-bond acceptors (Lipinski definition) is 6. The molecule has 9 heteroatoms. The SMILES string of the molecule is CCNC(=NCCOc1ccc2c(c1)OCO2)N1CCC(OCC2CCCCO2)CC1.I. The van der Waals surface area contributed by atoms with Crippen molar-refractivity contribution in [3.05, 3.63) is 18.2 Å². The molecule has 3 aliphatic rings. The quantitative estimate of drug-likeness (QED) is 0.226. The Labute approximate surface area is 208 Å². The summed E-state index contributed by atoms with van der Waals surface area (Å²) in [6.45, 7) is 7.82. The molecular formula is C23H36IN3O5. The first-order valence-electron chi connectivity index (χ1n) is 11.6. The molecule has 0 saturated carbocycles. The maximum Gasteiger partial charge on any atom is 0.231 e. The van der Waals surface area contributed by atoms with Crippen LogP contribution in [-0.4, -0.2) is 75.9 Å². The number of nitrogens with one attached hydrogen (secondary N) is 1. The number of ether oxygens (including phenoxy) is 5. The average molecular weight is 561 g/mol. The van der Waals surface area contributed by atoms with Crippen molar-refractivity contribution < 1.29 is 23.7 Å². The van der Waals surface area contributed by atoms with Crippen molar-refractivity contribution in [3.63, 3.8) is 0 Å². The first-order chi connectivity index (χ1) is 15.3. The van der Waals surface area contributed by atoms with E-state index in [2.05, 4.69) is 17.1 Å². The van der Waals surface area contributed by atoms with Gasteiger partial charge in [0.1, 0.15) is 12.4 Å². The van der Waals surface area contributed by atoms with E-state index in [1.165, 1.54) is 12.8 Å². The van der Waals surface area contributed by atoms with Crippen LogP contribution in [0.5, 0.6) is 17.2 Å². The highest BCUT2D eigenvalue weighted by molar-refractivity contribution is 14.0. The maximum absolute atomic E-state index is 6.14. The number of rotatable bonds is 8. The number of guanidine groups is 1. The second kappa shape index (κ2) is 13.3. The van der Waals surface area contributed by atoms with Gasteiger partial charge in [-0.15, -0.1) is 24.0 Å². The van der Waals surface area contributed by atoms with Crippen molar-refractivity contribution in [3.8, 4) is 17.2 Å². The summed E-state index contributed by atoms with van der Waals surface area (Å²) in [6, 6.07) is 5.63. The highest BCUT2D eigenvalue weighted by Gasteiger charge is 2.23. The topological polar surface area (TPSA) is 73.8 Å². The van der Waals surface area contributed by atoms with Crippen LogP contribution in [0.15, 0.2) is 23.2 Å². The van der Waals surface area contributed by atoms with Gasteiger partial charge in [0.25, 0.3) is 0 Å². The van der Waals surface area contributed by atoms with Crippen LogP contribution in [0.25, 0.3) is 0 Å². The van der Waals surface area contributed by atoms with Gasteiger partial charge in [0.15, 0.2) is 17.5 Å². The summed E-state index contributed by atoms with van der Waals surface area (Å²) in [7, 11) is 0. The molecule has 32 heavy (non-hydrogen) atoms. The van der Waals surface area contributed by atoms with Crippen molar-refractivity contribution >= 4 is 29.9 Å². The number of aliphatic imine (C=N–C) groups is 1. The van der Waals surface area contributed by atoms with E-state index < -0.39 is 0 Å². The number of nitrogens with zero attached hydrogens (tertiary/aromatic N) is 2. The van der Waals surface area contributed by atoms with E-state index in [-0.39, 0.29) is 36.9 Å². The molecular weight excluding hydrogens is 525 g/mol. The van der Waals surface area contributed by atoms with E-state index >= 15 is 0 Å². The van der Waals surface area contributed by atoms with Crippen LogP contribution in [0.1, 0.15) is 39.0 Å². The zero-order valence-electron chi connectivity index (χ0n) is 18.9. The van der Waals surface area contributed by atoms with Gasteiger partial charge in [0.05, 0.1) is 25.4 Å². The van der Waals surface area contributed by atoms with Gasteiger partial charge in [0.2, 0.25) is 6.79 Å². The van der Waals surface area contributed by atoms with Gasteiger partial charge in [-0.1, -0.05) is 0 Å². The molecule has 3 aliphatic heterocycles. The Morgan fingerprint density at radius 3 is 2.78 bits per heavy atom. The summed E-state index contributed by atoms with van der Waals surface area (Å²) in [4.78, 5) is 7.08. The molecule has 0 aliphatic carbocycles. The van der Waals surface area contributed by atoms with Crippen LogP contribution < -0.4 is 19.5 Å². The third-order valence-corrected chi connectivity index (χ3v) is 5.83. The summed E-state index contributed by atoms with van der Waals surface area (Å²) in [5.74, 6) is 3.21. The van der Waals surface area contributed by atoms with Crippen LogP contribution in [0.2, 0.25) is 0 Å². The van der Waals surface area contributed by atoms with Crippen molar-refractivity contribution in [2.45, 2.75) is 51.2 Å². The van der Waals surface area contributed by atoms with Gasteiger partial charge >= 0.3 is 0 Å². The number of hydrogen-bond donors (Lipinski definition) is 1. The number of likely N-dealkylation sites (tertiary alicyclic amines) is 1. The van der Waals surface area contributed by atoms with Crippen molar-refractivity contribution in [2.24, 2.45) is 4.99 Å². The lowest BCUT2D eigenvalue weighted by Crippen LogP contribution is -2.47. The molecule has 1 N–H and O–H groups in total. The predicted octanol–water partition coefficient (Wildman–Crippen LogP) is 3.43. The highest BCUT2D eigenvalue weighted by atomic mass is 127. The van der Waals surface area contributed by atoms with Crippen LogP contribution in [0.3, 0.4) is 0 Å². The first-order valence-corrected chi connectivity index (χ1v) is 11.6. The van der Waals surface area contributed by atoms with E-state index in [4.69, 9.17) is 28.7 Å². The van der Waals surface area contributed by atoms with E-state index in [9.17, 15) is 0 Å². The summed E-state index contributed by atoms with van der Waals surface area (Å²) >= 11 is 0. The van der Waals surface area contributed by atoms with Crippen molar-refractivity contribution in [1.29, 1.82) is 0 Å². The van der Waals surface area contributed by atoms with Crippen LogP contribution in [0.4, 0.5) is 0 Å². The Kier molecular flexibility index (Phi) is 10.5. The molecule has 4 rings (SSSR count). The minimum absolute atomic E-state index is 0. The van der Waals surface area contributed by atoms with Crippen LogP contribution >= 0.6 is 24.0 Å². The van der Waals surface area contributed by atoms with E-state index in [0.29, 0.717) is 19.3 Å². The van der Waals surface area contributed by atoms with Crippen molar-refractivity contribution in [1.82, 2.24) is 10.2 Å². The molecule has 0 amide bonds. The standard InChI is InChI=1S/C23H35N3O5.HI/c1-2-24-23(25-10-14-28-19-6-7-21-22(15-19)31-17-30-21)26-11-8-18(9-12-26)29-16-20-5-3-4-13-27-20;/h6-7,15,18,20H,2-5,8-14,16-17H2,1H3,(H,24,25);1H. The second-order valence-corrected chi connectivity index (χ2v) is 8.11. The Balaban J connectivity index is 0.00000289. The van der Waals surface area contributed by atoms with E-state index in [1.807, 2.05) is 18.2 Å². The molecule has 2 fully saturated rings. The first kappa shape index (κ1) is 25.2. The third kappa shape index (κ3) is 7.28. The monoisotopic (exact) mass is 561 g/mol. The highest BCUT2D eigenvalue weighted by Crippen LogP contribution is 2.35. The molecule has 1 aromatic carbocycles. The lowest BCUT2D eigenvalue weighted by molar-refractivity contribution is -0.0721. The predicted molar refractivity (Wildman–Crippen MR) is 134 cm³/mol. The Hall–Kier alpha value is -1.46. The van der Waals surface area contributed by atoms with Gasteiger partial charge in [-0.25, -0.2) is 4.99 Å². The van der Waals surface area contributed by atoms with Gasteiger partial charge in [-0.2, -0.15) is 0 Å². The normalized spacial score (nSPS) is 21.2. The lowest BCUT2D eigenvalue weighted by Gasteiger charge is -2.35. The van der Waals surface area contributed by atoms with Gasteiger partial charge < -0.3 is 33.9 Å². The summed E-state index contributed by atoms with van der Waals surface area (Å²) in [5.41, 5.74) is 0. The summed E-state index contributed by atoms with van der Waals surface area (Å²) in [6.07, 6.45) is 6.21.